The number of fused-ring (bicyclic) bond motifs is 3. The monoisotopic (exact) mass is 495 g/mol. The molecule has 0 saturated heterocycles. The van der Waals surface area contributed by atoms with E-state index in [0.29, 0.717) is 16.9 Å². The Bertz CT molecular complexity index is 1670. The molecule has 0 amide bonds. The molecule has 1 saturated carbocycles. The molecule has 7 rings (SSSR count). The molecule has 4 heterocycles. The number of aliphatic imine (C=N–C) groups is 1. The van der Waals surface area contributed by atoms with Gasteiger partial charge in [0.25, 0.3) is 5.56 Å². The third-order valence-electron chi connectivity index (χ3n) is 7.61. The van der Waals surface area contributed by atoms with Gasteiger partial charge in [-0.05, 0) is 88.4 Å². The van der Waals surface area contributed by atoms with Gasteiger partial charge in [-0.15, -0.1) is 5.10 Å². The SMILES string of the molecule is Cc1cc(C2=CN=C(C3C4CC4c4cc(-c5cc(Cl)ccc5-n5cnnn5)cc(=O)n43)C2)ccc1N. The molecule has 9 heteroatoms. The number of nitrogens with two attached hydrogens (primary N) is 1. The number of rotatable bonds is 4. The first kappa shape index (κ1) is 21.3. The molecule has 3 atom stereocenters. The summed E-state index contributed by atoms with van der Waals surface area (Å²) in [7, 11) is 0. The number of nitrogens with zero attached hydrogens (tertiary/aromatic N) is 6. The van der Waals surface area contributed by atoms with Gasteiger partial charge in [0.1, 0.15) is 6.33 Å². The second-order valence-electron chi connectivity index (χ2n) is 9.77. The fourth-order valence-corrected chi connectivity index (χ4v) is 5.89. The first-order valence-corrected chi connectivity index (χ1v) is 12.3. The second kappa shape index (κ2) is 7.73. The smallest absolute Gasteiger partial charge is 0.251 e. The lowest BCUT2D eigenvalue weighted by molar-refractivity contribution is 0.584. The Hall–Kier alpha value is -4.04. The Balaban J connectivity index is 1.24. The summed E-state index contributed by atoms with van der Waals surface area (Å²) in [6.07, 6.45) is 5.28. The van der Waals surface area contributed by atoms with Crippen molar-refractivity contribution in [3.05, 3.63) is 93.3 Å². The number of benzene rings is 2. The number of halogens is 1. The minimum Gasteiger partial charge on any atom is -0.399 e. The second-order valence-corrected chi connectivity index (χ2v) is 10.2. The van der Waals surface area contributed by atoms with Crippen molar-refractivity contribution in [2.24, 2.45) is 10.9 Å². The van der Waals surface area contributed by atoms with E-state index in [0.717, 1.165) is 63.4 Å². The maximum absolute atomic E-state index is 13.6. The van der Waals surface area contributed by atoms with Gasteiger partial charge in [-0.2, -0.15) is 4.68 Å². The number of aryl methyl sites for hydroxylation is 1. The minimum atomic E-state index is -0.0261. The average Bonchev–Trinajstić information content (AvgIpc) is 3.22. The fourth-order valence-electron chi connectivity index (χ4n) is 5.72. The highest BCUT2D eigenvalue weighted by Crippen LogP contribution is 2.60. The van der Waals surface area contributed by atoms with Crippen molar-refractivity contribution in [1.29, 1.82) is 0 Å². The van der Waals surface area contributed by atoms with E-state index in [1.54, 1.807) is 16.8 Å². The van der Waals surface area contributed by atoms with E-state index in [-0.39, 0.29) is 11.6 Å². The highest BCUT2D eigenvalue weighted by molar-refractivity contribution is 6.31. The zero-order valence-corrected chi connectivity index (χ0v) is 20.2. The maximum atomic E-state index is 13.6. The van der Waals surface area contributed by atoms with Crippen LogP contribution in [0.25, 0.3) is 22.4 Å². The highest BCUT2D eigenvalue weighted by atomic mass is 35.5. The normalized spacial score (nSPS) is 21.7. The number of anilines is 1. The molecule has 36 heavy (non-hydrogen) atoms. The van der Waals surface area contributed by atoms with Crippen molar-refractivity contribution in [3.8, 4) is 16.8 Å². The van der Waals surface area contributed by atoms with Crippen LogP contribution in [0.1, 0.15) is 41.6 Å². The van der Waals surface area contributed by atoms with Gasteiger partial charge in [0, 0.05) is 52.3 Å². The summed E-state index contributed by atoms with van der Waals surface area (Å²) >= 11 is 6.34. The van der Waals surface area contributed by atoms with Gasteiger partial charge in [-0.25, -0.2) is 0 Å². The van der Waals surface area contributed by atoms with Crippen molar-refractivity contribution in [3.63, 3.8) is 0 Å². The van der Waals surface area contributed by atoms with E-state index in [4.69, 9.17) is 22.3 Å². The Morgan fingerprint density at radius 1 is 1.08 bits per heavy atom. The lowest BCUT2D eigenvalue weighted by Gasteiger charge is -2.20. The fraction of sp³-hybridized carbons (Fsp3) is 0.222. The van der Waals surface area contributed by atoms with Crippen LogP contribution in [0.2, 0.25) is 5.02 Å². The Morgan fingerprint density at radius 3 is 2.78 bits per heavy atom. The van der Waals surface area contributed by atoms with E-state index in [2.05, 4.69) is 27.7 Å². The Labute approximate surface area is 211 Å². The van der Waals surface area contributed by atoms with Crippen molar-refractivity contribution >= 4 is 28.6 Å². The van der Waals surface area contributed by atoms with Crippen LogP contribution < -0.4 is 11.3 Å². The molecule has 2 N–H and O–H groups in total. The molecule has 2 aromatic heterocycles. The number of hydrogen-bond donors (Lipinski definition) is 1. The summed E-state index contributed by atoms with van der Waals surface area (Å²) in [5.74, 6) is 0.773. The zero-order chi connectivity index (χ0) is 24.6. The van der Waals surface area contributed by atoms with Crippen molar-refractivity contribution in [2.45, 2.75) is 31.7 Å². The van der Waals surface area contributed by atoms with Crippen molar-refractivity contribution < 1.29 is 0 Å². The topological polar surface area (TPSA) is 104 Å². The summed E-state index contributed by atoms with van der Waals surface area (Å²) < 4.78 is 3.53. The Kier molecular flexibility index (Phi) is 4.56. The molecule has 1 aliphatic carbocycles. The third kappa shape index (κ3) is 3.25. The molecule has 2 aliphatic heterocycles. The quantitative estimate of drug-likeness (QED) is 0.417. The van der Waals surface area contributed by atoms with Crippen molar-refractivity contribution in [1.82, 2.24) is 24.8 Å². The van der Waals surface area contributed by atoms with Crippen LogP contribution in [0.15, 0.2) is 70.8 Å². The predicted octanol–water partition coefficient (Wildman–Crippen LogP) is 4.58. The molecule has 8 nitrogen and oxygen atoms in total. The predicted molar refractivity (Wildman–Crippen MR) is 139 cm³/mol. The van der Waals surface area contributed by atoms with Crippen LogP contribution in [0.3, 0.4) is 0 Å². The summed E-state index contributed by atoms with van der Waals surface area (Å²) in [4.78, 5) is 18.4. The van der Waals surface area contributed by atoms with E-state index < -0.39 is 0 Å². The number of hydrogen-bond acceptors (Lipinski definition) is 6. The molecular formula is C27H22ClN7O. The summed E-state index contributed by atoms with van der Waals surface area (Å²) in [5.41, 5.74) is 14.6. The first-order valence-electron chi connectivity index (χ1n) is 11.9. The van der Waals surface area contributed by atoms with E-state index >= 15 is 0 Å². The number of nitrogen functional groups attached to an aromatic ring is 1. The van der Waals surface area contributed by atoms with E-state index in [1.165, 1.54) is 6.33 Å². The van der Waals surface area contributed by atoms with Gasteiger partial charge >= 0.3 is 0 Å². The molecule has 3 aliphatic rings. The molecular weight excluding hydrogens is 474 g/mol. The lowest BCUT2D eigenvalue weighted by atomic mass is 9.96. The van der Waals surface area contributed by atoms with Crippen LogP contribution >= 0.6 is 11.6 Å². The van der Waals surface area contributed by atoms with Gasteiger partial charge in [0.2, 0.25) is 0 Å². The number of pyridine rings is 1. The lowest BCUT2D eigenvalue weighted by Crippen LogP contribution is -2.29. The first-order chi connectivity index (χ1) is 17.5. The molecule has 0 radical (unpaired) electrons. The number of allylic oxidation sites excluding steroid dienone is 1. The van der Waals surface area contributed by atoms with Gasteiger partial charge in [-0.1, -0.05) is 17.7 Å². The van der Waals surface area contributed by atoms with Crippen LogP contribution in [-0.2, 0) is 0 Å². The van der Waals surface area contributed by atoms with Gasteiger partial charge < -0.3 is 10.3 Å². The third-order valence-corrected chi connectivity index (χ3v) is 7.84. The Morgan fingerprint density at radius 2 is 1.97 bits per heavy atom. The standard InChI is InChI=1S/C27H22ClN7O/c1-14-6-15(2-4-22(14)29)17-7-23(30-12-17)27-21-11-20(21)25-8-16(9-26(36)35(25)27)19-10-18(28)3-5-24(19)34-13-31-32-33-34/h2-6,8-10,12-13,20-21,27H,7,11,29H2,1H3. The number of tetrazole rings is 1. The molecule has 1 fully saturated rings. The van der Waals surface area contributed by atoms with Gasteiger partial charge in [0.05, 0.1) is 11.7 Å². The molecule has 0 bridgehead atoms. The van der Waals surface area contributed by atoms with Crippen LogP contribution in [0, 0.1) is 12.8 Å². The maximum Gasteiger partial charge on any atom is 0.251 e. The average molecular weight is 496 g/mol. The molecule has 178 valence electrons. The zero-order valence-electron chi connectivity index (χ0n) is 19.5. The molecule has 4 aromatic rings. The van der Waals surface area contributed by atoms with Crippen LogP contribution in [0.5, 0.6) is 0 Å². The molecule has 2 aromatic carbocycles. The summed E-state index contributed by atoms with van der Waals surface area (Å²) in [6, 6.07) is 15.4. The summed E-state index contributed by atoms with van der Waals surface area (Å²) in [5, 5.41) is 12.1. The highest BCUT2D eigenvalue weighted by Gasteiger charge is 2.54. The van der Waals surface area contributed by atoms with Crippen molar-refractivity contribution in [2.75, 3.05) is 5.73 Å². The van der Waals surface area contributed by atoms with Gasteiger partial charge in [-0.3, -0.25) is 9.79 Å². The summed E-state index contributed by atoms with van der Waals surface area (Å²) in [6.45, 7) is 2.01. The van der Waals surface area contributed by atoms with Crippen LogP contribution in [-0.4, -0.2) is 30.5 Å². The molecule has 3 unspecified atom stereocenters. The van der Waals surface area contributed by atoms with E-state index in [9.17, 15) is 4.79 Å². The number of aromatic nitrogens is 5. The van der Waals surface area contributed by atoms with E-state index in [1.807, 2.05) is 42.0 Å². The van der Waals surface area contributed by atoms with Crippen LogP contribution in [0.4, 0.5) is 5.69 Å². The largest absolute Gasteiger partial charge is 0.399 e. The molecule has 0 spiro atoms. The van der Waals surface area contributed by atoms with Gasteiger partial charge in [0.15, 0.2) is 0 Å². The minimum absolute atomic E-state index is 0.00599.